The van der Waals surface area contributed by atoms with Gasteiger partial charge in [0.15, 0.2) is 0 Å². The van der Waals surface area contributed by atoms with Crippen molar-refractivity contribution in [3.05, 3.63) is 70.9 Å². The number of likely N-dealkylation sites (tertiary alicyclic amines) is 1. The number of benzene rings is 1. The number of thioether (sulfide) groups is 2. The van der Waals surface area contributed by atoms with Crippen LogP contribution in [0.3, 0.4) is 0 Å². The molecule has 3 N–H and O–H groups in total. The number of aromatic nitrogens is 2. The van der Waals surface area contributed by atoms with E-state index in [-0.39, 0.29) is 23.3 Å². The fraction of sp³-hybridized carbons (Fsp3) is 0.346. The number of H-pyrrole nitrogens is 1. The molecule has 2 saturated heterocycles. The smallest absolute Gasteiger partial charge is 0.352 e. The Balaban J connectivity index is 0.000000555. The molecule has 2 atom stereocenters. The summed E-state index contributed by atoms with van der Waals surface area (Å²) in [6.07, 6.45) is 9.36. The van der Waals surface area contributed by atoms with Crippen LogP contribution < -0.4 is 5.32 Å². The summed E-state index contributed by atoms with van der Waals surface area (Å²) >= 11 is 8.59. The van der Waals surface area contributed by atoms with Gasteiger partial charge in [0.25, 0.3) is 5.91 Å². The molecule has 3 fully saturated rings. The highest BCUT2D eigenvalue weighted by Gasteiger charge is 2.54. The van der Waals surface area contributed by atoms with Gasteiger partial charge in [0.05, 0.1) is 12.1 Å². The molecule has 3 aliphatic heterocycles. The van der Waals surface area contributed by atoms with E-state index < -0.39 is 23.3 Å². The lowest BCUT2D eigenvalue weighted by molar-refractivity contribution is -0.150. The number of aromatic amines is 1. The zero-order chi connectivity index (χ0) is 27.5. The van der Waals surface area contributed by atoms with Crippen LogP contribution in [0.5, 0.6) is 0 Å². The van der Waals surface area contributed by atoms with Crippen LogP contribution in [0, 0.1) is 0 Å². The number of carboxylic acid groups (broad SMARTS) is 1. The van der Waals surface area contributed by atoms with Crippen LogP contribution in [-0.2, 0) is 19.2 Å². The summed E-state index contributed by atoms with van der Waals surface area (Å²) in [6, 6.07) is 6.64. The number of nitrogens with zero attached hydrogens (tertiary/aromatic N) is 3. The maximum absolute atomic E-state index is 12.8. The van der Waals surface area contributed by atoms with E-state index in [0.29, 0.717) is 40.9 Å². The van der Waals surface area contributed by atoms with E-state index in [9.17, 15) is 24.3 Å². The lowest BCUT2D eigenvalue weighted by atomic mass is 10.0. The van der Waals surface area contributed by atoms with Gasteiger partial charge in [-0.3, -0.25) is 19.3 Å². The summed E-state index contributed by atoms with van der Waals surface area (Å²) in [5.41, 5.74) is 0.961. The molecule has 39 heavy (non-hydrogen) atoms. The molecule has 1 saturated carbocycles. The number of β-lactam (4-membered cyclic amide) rings is 1. The van der Waals surface area contributed by atoms with Crippen molar-refractivity contribution >= 4 is 58.8 Å². The number of carboxylic acids is 1. The Morgan fingerprint density at radius 2 is 2.03 bits per heavy atom. The standard InChI is InChI=1S/C23H22ClN3O5S2.C3H4N2/c24-14-1-5-16(6-2-14)33-11-17(28)25-18-21(30)27-19(23(31)32)13(10-34-22(18)27)9-12-7-8-26(20(12)29)15-3-4-15;1-2-5-3-4-1/h1-2,5-6,9,15,18,22H,3-4,7-8,10-11H2,(H,25,28)(H,31,32);1-3H,(H,4,5)/b12-9+;/t18-,22-;/m1./s1. The van der Waals surface area contributed by atoms with Crippen molar-refractivity contribution in [3.8, 4) is 0 Å². The van der Waals surface area contributed by atoms with Crippen molar-refractivity contribution < 1.29 is 24.3 Å². The maximum atomic E-state index is 12.8. The fourth-order valence-corrected chi connectivity index (χ4v) is 6.72. The second-order valence-corrected chi connectivity index (χ2v) is 11.9. The average Bonchev–Trinajstić information content (AvgIpc) is 3.42. The van der Waals surface area contributed by atoms with Crippen LogP contribution >= 0.6 is 35.1 Å². The molecule has 4 heterocycles. The van der Waals surface area contributed by atoms with Crippen LogP contribution in [-0.4, -0.2) is 84.1 Å². The first-order valence-electron chi connectivity index (χ1n) is 12.4. The fourth-order valence-electron chi connectivity index (χ4n) is 4.58. The van der Waals surface area contributed by atoms with Gasteiger partial charge >= 0.3 is 5.97 Å². The number of fused-ring (bicyclic) bond motifs is 1. The predicted octanol–water partition coefficient (Wildman–Crippen LogP) is 2.90. The summed E-state index contributed by atoms with van der Waals surface area (Å²) < 4.78 is 0. The average molecular weight is 588 g/mol. The highest BCUT2D eigenvalue weighted by atomic mass is 35.5. The van der Waals surface area contributed by atoms with Gasteiger partial charge in [-0.1, -0.05) is 11.6 Å². The zero-order valence-corrected chi connectivity index (χ0v) is 23.1. The number of aliphatic carboxylic acids is 1. The van der Waals surface area contributed by atoms with Gasteiger partial charge in [-0.2, -0.15) is 0 Å². The molecule has 0 unspecified atom stereocenters. The van der Waals surface area contributed by atoms with Crippen molar-refractivity contribution in [1.29, 1.82) is 0 Å². The lowest BCUT2D eigenvalue weighted by Crippen LogP contribution is -2.70. The van der Waals surface area contributed by atoms with E-state index in [0.717, 1.165) is 17.7 Å². The SMILES string of the molecule is O=C(CSc1ccc(Cl)cc1)N[C@@H]1C(=O)N2C(C(=O)O)=C(/C=C3\CCN(C4CC4)C3=O)CS[C@H]12.c1c[nH]cn1. The number of carbonyl (C=O) groups is 4. The molecule has 13 heteroatoms. The Kier molecular flexibility index (Phi) is 8.34. The molecule has 4 aliphatic rings. The van der Waals surface area contributed by atoms with Gasteiger partial charge in [0.2, 0.25) is 11.8 Å². The third-order valence-electron chi connectivity index (χ3n) is 6.60. The molecule has 0 spiro atoms. The van der Waals surface area contributed by atoms with Crippen molar-refractivity contribution in [1.82, 2.24) is 25.1 Å². The zero-order valence-electron chi connectivity index (χ0n) is 20.7. The molecule has 10 nitrogen and oxygen atoms in total. The second-order valence-electron chi connectivity index (χ2n) is 9.29. The van der Waals surface area contributed by atoms with E-state index >= 15 is 0 Å². The lowest BCUT2D eigenvalue weighted by Gasteiger charge is -2.49. The summed E-state index contributed by atoms with van der Waals surface area (Å²) in [5, 5.41) is 12.7. The number of rotatable bonds is 7. The molecular formula is C26H26ClN5O5S2. The van der Waals surface area contributed by atoms with E-state index in [1.807, 2.05) is 17.0 Å². The number of nitrogens with one attached hydrogen (secondary N) is 2. The first-order chi connectivity index (χ1) is 18.8. The molecule has 2 aromatic rings. The van der Waals surface area contributed by atoms with Gasteiger partial charge in [0, 0.05) is 46.2 Å². The summed E-state index contributed by atoms with van der Waals surface area (Å²) in [6.45, 7) is 0.658. The Hall–Kier alpha value is -3.22. The van der Waals surface area contributed by atoms with Crippen molar-refractivity contribution in [2.75, 3.05) is 18.1 Å². The number of carbonyl (C=O) groups excluding carboxylic acids is 3. The monoisotopic (exact) mass is 587 g/mol. The third-order valence-corrected chi connectivity index (χ3v) is 9.17. The first-order valence-corrected chi connectivity index (χ1v) is 14.8. The number of allylic oxidation sites excluding steroid dienone is 1. The molecule has 1 aromatic carbocycles. The van der Waals surface area contributed by atoms with Gasteiger partial charge < -0.3 is 20.3 Å². The number of imidazole rings is 1. The molecular weight excluding hydrogens is 562 g/mol. The van der Waals surface area contributed by atoms with E-state index in [4.69, 9.17) is 11.6 Å². The Labute approximate surface area is 238 Å². The second kappa shape index (κ2) is 11.9. The van der Waals surface area contributed by atoms with Crippen LogP contribution in [0.25, 0.3) is 0 Å². The van der Waals surface area contributed by atoms with E-state index in [1.54, 1.807) is 36.9 Å². The Morgan fingerprint density at radius 3 is 2.64 bits per heavy atom. The molecule has 1 aliphatic carbocycles. The van der Waals surface area contributed by atoms with E-state index in [2.05, 4.69) is 15.3 Å². The molecule has 0 bridgehead atoms. The predicted molar refractivity (Wildman–Crippen MR) is 148 cm³/mol. The minimum atomic E-state index is -1.21. The molecule has 6 rings (SSSR count). The van der Waals surface area contributed by atoms with Crippen LogP contribution in [0.4, 0.5) is 0 Å². The number of halogens is 1. The molecule has 1 aromatic heterocycles. The topological polar surface area (TPSA) is 136 Å². The number of amides is 3. The number of hydrogen-bond donors (Lipinski definition) is 3. The van der Waals surface area contributed by atoms with Crippen molar-refractivity contribution in [3.63, 3.8) is 0 Å². The molecule has 3 amide bonds. The molecule has 204 valence electrons. The molecule has 0 radical (unpaired) electrons. The van der Waals surface area contributed by atoms with Crippen molar-refractivity contribution in [2.24, 2.45) is 0 Å². The van der Waals surface area contributed by atoms with Crippen LogP contribution in [0.15, 0.2) is 70.8 Å². The Morgan fingerprint density at radius 1 is 1.26 bits per heavy atom. The maximum Gasteiger partial charge on any atom is 0.352 e. The highest BCUT2D eigenvalue weighted by molar-refractivity contribution is 8.00. The summed E-state index contributed by atoms with van der Waals surface area (Å²) in [7, 11) is 0. The summed E-state index contributed by atoms with van der Waals surface area (Å²) in [4.78, 5) is 60.4. The van der Waals surface area contributed by atoms with Crippen LogP contribution in [0.2, 0.25) is 5.02 Å². The van der Waals surface area contributed by atoms with Crippen LogP contribution in [0.1, 0.15) is 19.3 Å². The normalized spacial score (nSPS) is 23.3. The Bertz CT molecular complexity index is 1310. The minimum absolute atomic E-state index is 0.0369. The highest BCUT2D eigenvalue weighted by Crippen LogP contribution is 2.42. The van der Waals surface area contributed by atoms with Gasteiger partial charge in [-0.25, -0.2) is 9.78 Å². The quantitative estimate of drug-likeness (QED) is 0.256. The minimum Gasteiger partial charge on any atom is -0.477 e. The number of hydrogen-bond acceptors (Lipinski definition) is 7. The summed E-state index contributed by atoms with van der Waals surface area (Å²) in [5.74, 6) is -1.52. The largest absolute Gasteiger partial charge is 0.477 e. The first kappa shape index (κ1) is 27.4. The van der Waals surface area contributed by atoms with Gasteiger partial charge in [-0.15, -0.1) is 23.5 Å². The van der Waals surface area contributed by atoms with Gasteiger partial charge in [0.1, 0.15) is 17.1 Å². The van der Waals surface area contributed by atoms with E-state index in [1.165, 1.54) is 28.4 Å². The van der Waals surface area contributed by atoms with Crippen molar-refractivity contribution in [2.45, 2.75) is 41.6 Å². The third kappa shape index (κ3) is 6.18. The van der Waals surface area contributed by atoms with Gasteiger partial charge in [-0.05, 0) is 55.2 Å².